The zero-order valence-electron chi connectivity index (χ0n) is 22.8. The van der Waals surface area contributed by atoms with E-state index < -0.39 is 13.3 Å². The van der Waals surface area contributed by atoms with Crippen LogP contribution in [0.15, 0.2) is 30.5 Å². The third-order valence-electron chi connectivity index (χ3n) is 9.28. The van der Waals surface area contributed by atoms with Crippen LogP contribution in [0.3, 0.4) is 0 Å². The van der Waals surface area contributed by atoms with Crippen molar-refractivity contribution in [1.82, 2.24) is 25.2 Å². The normalized spacial score (nSPS) is 24.9. The number of fused-ring (bicyclic) bond motifs is 4. The van der Waals surface area contributed by atoms with E-state index in [1.807, 2.05) is 37.6 Å². The number of piperazine rings is 1. The van der Waals surface area contributed by atoms with E-state index in [1.165, 1.54) is 12.8 Å². The molecule has 6 heterocycles. The van der Waals surface area contributed by atoms with E-state index in [0.29, 0.717) is 35.5 Å². The van der Waals surface area contributed by atoms with Crippen molar-refractivity contribution < 1.29 is 14.0 Å². The Morgan fingerprint density at radius 3 is 2.54 bits per heavy atom. The van der Waals surface area contributed by atoms with Crippen LogP contribution in [0.2, 0.25) is 0 Å². The van der Waals surface area contributed by atoms with Gasteiger partial charge in [-0.2, -0.15) is 0 Å². The van der Waals surface area contributed by atoms with Crippen molar-refractivity contribution in [3.63, 3.8) is 0 Å². The van der Waals surface area contributed by atoms with Crippen LogP contribution in [-0.4, -0.2) is 88.5 Å². The van der Waals surface area contributed by atoms with Gasteiger partial charge in [0, 0.05) is 0 Å². The number of pyridine rings is 1. The Bertz CT molecular complexity index is 1390. The Morgan fingerprint density at radius 2 is 1.82 bits per heavy atom. The molecule has 8 nitrogen and oxygen atoms in total. The molecule has 2 aromatic heterocycles. The fraction of sp³-hybridized carbons (Fsp3) is 0.552. The van der Waals surface area contributed by atoms with Gasteiger partial charge in [-0.15, -0.1) is 0 Å². The molecule has 4 saturated heterocycles. The van der Waals surface area contributed by atoms with Gasteiger partial charge < -0.3 is 0 Å². The first-order valence-electron chi connectivity index (χ1n) is 14.4. The second-order valence-corrected chi connectivity index (χ2v) is 16.0. The van der Waals surface area contributed by atoms with Crippen molar-refractivity contribution in [3.05, 3.63) is 36.3 Å². The summed E-state index contributed by atoms with van der Waals surface area (Å²) in [6.45, 7) is 8.06. The van der Waals surface area contributed by atoms with Gasteiger partial charge in [0.25, 0.3) is 0 Å². The summed E-state index contributed by atoms with van der Waals surface area (Å²) in [6, 6.07) is 8.48. The first kappa shape index (κ1) is 25.5. The first-order valence-corrected chi connectivity index (χ1v) is 17.3. The zero-order chi connectivity index (χ0) is 26.8. The van der Waals surface area contributed by atoms with Gasteiger partial charge in [0.1, 0.15) is 0 Å². The summed E-state index contributed by atoms with van der Waals surface area (Å²) in [7, 11) is -2.73. The van der Waals surface area contributed by atoms with Gasteiger partial charge in [-0.25, -0.2) is 0 Å². The summed E-state index contributed by atoms with van der Waals surface area (Å²) in [6.07, 6.45) is 8.59. The summed E-state index contributed by atoms with van der Waals surface area (Å²) in [4.78, 5) is 29.9. The molecule has 3 aromatic rings. The first-order chi connectivity index (χ1) is 18.8. The second kappa shape index (κ2) is 9.58. The van der Waals surface area contributed by atoms with Crippen LogP contribution >= 0.6 is 7.49 Å². The van der Waals surface area contributed by atoms with Gasteiger partial charge >= 0.3 is 229 Å². The fourth-order valence-electron chi connectivity index (χ4n) is 7.37. The molecule has 0 spiro atoms. The van der Waals surface area contributed by atoms with Gasteiger partial charge in [-0.1, -0.05) is 0 Å². The molecule has 10 heteroatoms. The van der Waals surface area contributed by atoms with Gasteiger partial charge in [0.15, 0.2) is 0 Å². The molecular formula is C29H38FN6O2P. The Hall–Kier alpha value is -2.45. The summed E-state index contributed by atoms with van der Waals surface area (Å²) in [5.41, 5.74) is 1.10. The maximum absolute atomic E-state index is 16.5. The summed E-state index contributed by atoms with van der Waals surface area (Å²) in [5.74, 6) is 0.204. The molecule has 208 valence electrons. The topological polar surface area (TPSA) is 86.6 Å². The number of halogens is 1. The molecule has 39 heavy (non-hydrogen) atoms. The third kappa shape index (κ3) is 4.48. The van der Waals surface area contributed by atoms with Gasteiger partial charge in [0.2, 0.25) is 0 Å². The van der Waals surface area contributed by atoms with E-state index >= 15 is 4.39 Å². The average Bonchev–Trinajstić information content (AvgIpc) is 3.60. The molecule has 4 aliphatic heterocycles. The monoisotopic (exact) mass is 552 g/mol. The van der Waals surface area contributed by atoms with Crippen molar-refractivity contribution in [2.45, 2.75) is 56.1 Å². The molecule has 2 bridgehead atoms. The molecule has 0 amide bonds. The van der Waals surface area contributed by atoms with Gasteiger partial charge in [0.05, 0.1) is 0 Å². The van der Waals surface area contributed by atoms with Crippen LogP contribution in [0.1, 0.15) is 38.5 Å². The van der Waals surface area contributed by atoms with Crippen LogP contribution < -0.4 is 20.3 Å². The zero-order valence-corrected chi connectivity index (χ0v) is 23.8. The number of nitrogens with zero attached hydrogens (tertiary/aromatic N) is 5. The van der Waals surface area contributed by atoms with Crippen LogP contribution in [0, 0.1) is 5.82 Å². The predicted molar refractivity (Wildman–Crippen MR) is 155 cm³/mol. The number of anilines is 1. The van der Waals surface area contributed by atoms with E-state index in [9.17, 15) is 4.89 Å². The van der Waals surface area contributed by atoms with E-state index in [0.717, 1.165) is 57.2 Å². The van der Waals surface area contributed by atoms with E-state index in [1.54, 1.807) is 6.20 Å². The third-order valence-corrected chi connectivity index (χ3v) is 11.0. The minimum atomic E-state index is -2.73. The summed E-state index contributed by atoms with van der Waals surface area (Å²) < 4.78 is 22.8. The molecular weight excluding hydrogens is 514 g/mol. The standard InChI is InChI=1S/C29H38FN6O2P/c1-39(2,37)23-8-4-3-7-21(23)25-24(30)26-22(15-31-25)27(35-16-19-9-10-20(17-35)32-19)34-28(33-26)38-18-29-11-5-13-36(29)14-6-12-29/h3-4,7-8,15,19-20,32,37,39H,5-6,9-14,16-18H2,1-2H3. The molecule has 0 radical (unpaired) electrons. The number of rotatable bonds is 6. The molecule has 2 unspecified atom stereocenters. The number of aromatic nitrogens is 3. The number of hydrogen-bond donors (Lipinski definition) is 2. The molecule has 7 rings (SSSR count). The predicted octanol–water partition coefficient (Wildman–Crippen LogP) is 3.32. The number of nitrogens with one attached hydrogen (secondary N) is 1. The van der Waals surface area contributed by atoms with Crippen LogP contribution in [0.5, 0.6) is 6.01 Å². The number of benzene rings is 1. The van der Waals surface area contributed by atoms with Crippen LogP contribution in [-0.2, 0) is 0 Å². The van der Waals surface area contributed by atoms with Crippen molar-refractivity contribution in [3.8, 4) is 17.3 Å². The van der Waals surface area contributed by atoms with Crippen molar-refractivity contribution in [1.29, 1.82) is 0 Å². The Kier molecular flexibility index (Phi) is 6.27. The minimum absolute atomic E-state index is 0.0465. The molecule has 4 fully saturated rings. The Morgan fingerprint density at radius 1 is 1.10 bits per heavy atom. The summed E-state index contributed by atoms with van der Waals surface area (Å²) >= 11 is 0. The average molecular weight is 553 g/mol. The summed E-state index contributed by atoms with van der Waals surface area (Å²) in [5, 5.41) is 5.02. The van der Waals surface area contributed by atoms with E-state index in [2.05, 4.69) is 25.1 Å². The molecule has 0 saturated carbocycles. The molecule has 2 atom stereocenters. The molecule has 1 aromatic carbocycles. The molecule has 2 N–H and O–H groups in total. The quantitative estimate of drug-likeness (QED) is 0.451. The van der Waals surface area contributed by atoms with Crippen molar-refractivity contribution >= 4 is 29.5 Å². The number of ether oxygens (including phenoxy) is 1. The van der Waals surface area contributed by atoms with E-state index in [-0.39, 0.29) is 22.8 Å². The Labute approximate surface area is 229 Å². The maximum atomic E-state index is 16.5. The van der Waals surface area contributed by atoms with Gasteiger partial charge in [-0.05, 0) is 0 Å². The number of hydrogen-bond acceptors (Lipinski definition) is 8. The molecule has 4 aliphatic rings. The second-order valence-electron chi connectivity index (χ2n) is 12.4. The van der Waals surface area contributed by atoms with Crippen molar-refractivity contribution in [2.24, 2.45) is 0 Å². The van der Waals surface area contributed by atoms with Crippen LogP contribution in [0.4, 0.5) is 10.2 Å². The van der Waals surface area contributed by atoms with Crippen molar-refractivity contribution in [2.75, 3.05) is 51.0 Å². The van der Waals surface area contributed by atoms with Crippen LogP contribution in [0.25, 0.3) is 22.2 Å². The fourth-order valence-corrected chi connectivity index (χ4v) is 8.73. The SMILES string of the molecule is C[PH](C)(O)c1ccccc1-c1ncc2c(N3CC4CCC(C3)N4)nc(OCC34CCCN3CCC4)nc2c1F. The molecule has 0 aliphatic carbocycles. The van der Waals surface area contributed by atoms with Gasteiger partial charge in [-0.3, -0.25) is 0 Å². The van der Waals surface area contributed by atoms with E-state index in [4.69, 9.17) is 9.72 Å². The Balaban J connectivity index is 1.33.